The molecule has 0 aromatic carbocycles. The van der Waals surface area contributed by atoms with Crippen molar-refractivity contribution in [1.82, 2.24) is 6.15 Å². The van der Waals surface area contributed by atoms with Crippen LogP contribution in [-0.4, -0.2) is 71.7 Å². The Hall–Kier alpha value is 0.970. The van der Waals surface area contributed by atoms with Gasteiger partial charge in [-0.3, -0.25) is 8.42 Å². The molecule has 0 fully saturated rings. The topological polar surface area (TPSA) is 210 Å². The summed E-state index contributed by atoms with van der Waals surface area (Å²) in [5.74, 6) is 0. The van der Waals surface area contributed by atoms with Crippen molar-refractivity contribution in [2.45, 2.75) is 0 Å². The van der Waals surface area contributed by atoms with Gasteiger partial charge in [-0.25, -0.2) is 0 Å². The van der Waals surface area contributed by atoms with Crippen LogP contribution in [0.5, 0.6) is 0 Å². The summed E-state index contributed by atoms with van der Waals surface area (Å²) in [6.45, 7) is 0. The van der Waals surface area contributed by atoms with Gasteiger partial charge in [0, 0.05) is 10.4 Å². The predicted molar refractivity (Wildman–Crippen MR) is 32.1 cm³/mol. The molecular formula is H9CaNO7S. The SMILES string of the molecule is N.O.O.O.O=S(=O)([O-])[O-].[Ca+2]. The third-order valence-corrected chi connectivity index (χ3v) is 0. The molecular weight excluding hydrogens is 198 g/mol. The Labute approximate surface area is 87.7 Å². The average Bonchev–Trinajstić information content (AvgIpc) is 0.722. The van der Waals surface area contributed by atoms with Gasteiger partial charge in [-0.05, 0) is 0 Å². The van der Waals surface area contributed by atoms with Crippen LogP contribution in [0.15, 0.2) is 0 Å². The fraction of sp³-hybridized carbons (Fsp3) is 0. The molecule has 0 bridgehead atoms. The minimum Gasteiger partial charge on any atom is -0.759 e. The van der Waals surface area contributed by atoms with Crippen LogP contribution in [0, 0.1) is 0 Å². The molecule has 0 radical (unpaired) electrons. The zero-order valence-electron chi connectivity index (χ0n) is 4.96. The van der Waals surface area contributed by atoms with E-state index in [2.05, 4.69) is 0 Å². The maximum absolute atomic E-state index is 8.52. The summed E-state index contributed by atoms with van der Waals surface area (Å²) in [6.07, 6.45) is 0. The van der Waals surface area contributed by atoms with E-state index in [1.54, 1.807) is 0 Å². The Kier molecular flexibility index (Phi) is 72.9. The zero-order chi connectivity index (χ0) is 4.50. The van der Waals surface area contributed by atoms with Crippen molar-refractivity contribution in [2.75, 3.05) is 0 Å². The van der Waals surface area contributed by atoms with Crippen molar-refractivity contribution in [2.24, 2.45) is 0 Å². The Morgan fingerprint density at radius 2 is 0.900 bits per heavy atom. The van der Waals surface area contributed by atoms with E-state index in [4.69, 9.17) is 17.5 Å². The minimum atomic E-state index is -5.17. The van der Waals surface area contributed by atoms with E-state index in [1.807, 2.05) is 0 Å². The maximum Gasteiger partial charge on any atom is 2.00 e. The van der Waals surface area contributed by atoms with E-state index in [0.29, 0.717) is 0 Å². The van der Waals surface area contributed by atoms with Crippen LogP contribution in [0.25, 0.3) is 0 Å². The molecule has 0 aliphatic carbocycles. The van der Waals surface area contributed by atoms with Crippen LogP contribution in [-0.2, 0) is 10.4 Å². The van der Waals surface area contributed by atoms with Crippen LogP contribution < -0.4 is 6.15 Å². The molecule has 0 aromatic rings. The van der Waals surface area contributed by atoms with Gasteiger partial charge in [0.25, 0.3) is 0 Å². The standard InChI is InChI=1S/Ca.H3N.H2O4S.3H2O/c;;1-5(2,3)4;;;/h;1H3;(H2,1,2,3,4);3*1H2/q+2;;;;;/p-2. The number of rotatable bonds is 0. The van der Waals surface area contributed by atoms with Crippen LogP contribution in [0.2, 0.25) is 0 Å². The van der Waals surface area contributed by atoms with Gasteiger partial charge in [0.15, 0.2) is 0 Å². The van der Waals surface area contributed by atoms with Gasteiger partial charge in [-0.2, -0.15) is 0 Å². The van der Waals surface area contributed by atoms with Gasteiger partial charge < -0.3 is 31.7 Å². The summed E-state index contributed by atoms with van der Waals surface area (Å²) < 4.78 is 34.1. The van der Waals surface area contributed by atoms with Crippen LogP contribution >= 0.6 is 0 Å². The normalized spacial score (nSPS) is 5.80. The molecule has 10 heteroatoms. The van der Waals surface area contributed by atoms with Gasteiger partial charge in [0.1, 0.15) is 0 Å². The molecule has 0 atom stereocenters. The fourth-order valence-corrected chi connectivity index (χ4v) is 0. The quantitative estimate of drug-likeness (QED) is 0.238. The summed E-state index contributed by atoms with van der Waals surface area (Å²) in [6, 6.07) is 0. The molecule has 0 amide bonds. The predicted octanol–water partition coefficient (Wildman–Crippen LogP) is -4.03. The van der Waals surface area contributed by atoms with Gasteiger partial charge in [0.2, 0.25) is 0 Å². The summed E-state index contributed by atoms with van der Waals surface area (Å²) in [4.78, 5) is 0. The van der Waals surface area contributed by atoms with E-state index >= 15 is 0 Å². The molecule has 64 valence electrons. The Balaban J connectivity index is -0.00000000800. The van der Waals surface area contributed by atoms with Crippen molar-refractivity contribution < 1.29 is 34.0 Å². The molecule has 0 aliphatic heterocycles. The first-order valence-corrected chi connectivity index (χ1v) is 2.00. The average molecular weight is 207 g/mol. The van der Waals surface area contributed by atoms with Crippen molar-refractivity contribution in [3.8, 4) is 0 Å². The Morgan fingerprint density at radius 3 is 0.900 bits per heavy atom. The molecule has 10 heavy (non-hydrogen) atoms. The molecule has 0 aliphatic rings. The van der Waals surface area contributed by atoms with E-state index in [1.165, 1.54) is 0 Å². The van der Waals surface area contributed by atoms with Gasteiger partial charge in [-0.15, -0.1) is 0 Å². The third kappa shape index (κ3) is 606. The van der Waals surface area contributed by atoms with Crippen molar-refractivity contribution in [3.63, 3.8) is 0 Å². The minimum absolute atomic E-state index is 0. The molecule has 8 nitrogen and oxygen atoms in total. The smallest absolute Gasteiger partial charge is 0.759 e. The summed E-state index contributed by atoms with van der Waals surface area (Å²) in [5.41, 5.74) is 0. The van der Waals surface area contributed by atoms with Crippen molar-refractivity contribution in [1.29, 1.82) is 0 Å². The van der Waals surface area contributed by atoms with E-state index in [9.17, 15) is 0 Å². The monoisotopic (exact) mass is 207 g/mol. The van der Waals surface area contributed by atoms with Gasteiger partial charge >= 0.3 is 37.7 Å². The molecule has 0 heterocycles. The molecule has 0 unspecified atom stereocenters. The molecule has 0 aromatic heterocycles. The molecule has 0 spiro atoms. The van der Waals surface area contributed by atoms with Crippen LogP contribution in [0.4, 0.5) is 0 Å². The summed E-state index contributed by atoms with van der Waals surface area (Å²) in [5, 5.41) is 0. The summed E-state index contributed by atoms with van der Waals surface area (Å²) >= 11 is 0. The zero-order valence-corrected chi connectivity index (χ0v) is 7.98. The summed E-state index contributed by atoms with van der Waals surface area (Å²) in [7, 11) is -5.17. The van der Waals surface area contributed by atoms with Crippen LogP contribution in [0.3, 0.4) is 0 Å². The number of hydrogen-bond donors (Lipinski definition) is 1. The molecule has 9 N–H and O–H groups in total. The van der Waals surface area contributed by atoms with Gasteiger partial charge in [-0.1, -0.05) is 0 Å². The first kappa shape index (κ1) is 44.1. The first-order chi connectivity index (χ1) is 2.00. The molecule has 0 saturated carbocycles. The molecule has 0 saturated heterocycles. The second kappa shape index (κ2) is 16.5. The Bertz CT molecular complexity index is 96.8. The van der Waals surface area contributed by atoms with Crippen molar-refractivity contribution >= 4 is 48.1 Å². The van der Waals surface area contributed by atoms with Crippen molar-refractivity contribution in [3.05, 3.63) is 0 Å². The molecule has 0 rings (SSSR count). The van der Waals surface area contributed by atoms with Gasteiger partial charge in [0.05, 0.1) is 0 Å². The van der Waals surface area contributed by atoms with E-state index in [-0.39, 0.29) is 60.3 Å². The third-order valence-electron chi connectivity index (χ3n) is 0. The second-order valence-corrected chi connectivity index (χ2v) is 1.22. The Morgan fingerprint density at radius 1 is 0.900 bits per heavy atom. The first-order valence-electron chi connectivity index (χ1n) is 0.667. The maximum atomic E-state index is 8.52. The largest absolute Gasteiger partial charge is 2.00 e. The number of hydrogen-bond acceptors (Lipinski definition) is 5. The fourth-order valence-electron chi connectivity index (χ4n) is 0. The second-order valence-electron chi connectivity index (χ2n) is 0.408. The van der Waals surface area contributed by atoms with E-state index in [0.717, 1.165) is 0 Å². The van der Waals surface area contributed by atoms with Crippen LogP contribution in [0.1, 0.15) is 0 Å². The van der Waals surface area contributed by atoms with E-state index < -0.39 is 10.4 Å².